The summed E-state index contributed by atoms with van der Waals surface area (Å²) >= 11 is 23.4. The predicted octanol–water partition coefficient (Wildman–Crippen LogP) is 4.72. The number of carbonyl (C=O) groups is 1. The third-order valence-electron chi connectivity index (χ3n) is 3.85. The van der Waals surface area contributed by atoms with Gasteiger partial charge < -0.3 is 20.7 Å². The minimum Gasteiger partial charge on any atom is -0.497 e. The van der Waals surface area contributed by atoms with Gasteiger partial charge >= 0.3 is 0 Å². The maximum absolute atomic E-state index is 12.6. The number of hydrogen-bond acceptors (Lipinski definition) is 3. The van der Waals surface area contributed by atoms with Crippen LogP contribution in [0.4, 0.5) is 5.69 Å². The van der Waals surface area contributed by atoms with E-state index in [4.69, 9.17) is 51.8 Å². The van der Waals surface area contributed by atoms with Crippen molar-refractivity contribution in [2.75, 3.05) is 12.4 Å². The number of methoxy groups -OCH3 is 1. The summed E-state index contributed by atoms with van der Waals surface area (Å²) in [5.74, 6) is 0.0930. The summed E-state index contributed by atoms with van der Waals surface area (Å²) < 4.78 is 3.28. The number of thiocarbonyl (C=S) groups is 1. The molecule has 9 heteroatoms. The topological polar surface area (TPSA) is 62.4 Å². The highest BCUT2D eigenvalue weighted by Crippen LogP contribution is 2.29. The zero-order valence-electron chi connectivity index (χ0n) is 15.5. The molecule has 0 aromatic heterocycles. The van der Waals surface area contributed by atoms with E-state index in [1.807, 2.05) is 32.0 Å². The maximum Gasteiger partial charge on any atom is 0.253 e. The van der Waals surface area contributed by atoms with Gasteiger partial charge in [0.15, 0.2) is 5.11 Å². The van der Waals surface area contributed by atoms with Gasteiger partial charge in [-0.3, -0.25) is 4.79 Å². The maximum atomic E-state index is 12.6. The van der Waals surface area contributed by atoms with Crippen LogP contribution in [0.5, 0.6) is 5.75 Å². The first-order valence-electron chi connectivity index (χ1n) is 8.26. The van der Waals surface area contributed by atoms with Crippen molar-refractivity contribution in [1.29, 1.82) is 0 Å². The van der Waals surface area contributed by atoms with Gasteiger partial charge in [-0.15, -0.1) is 0 Å². The Labute approximate surface area is 184 Å². The Kier molecular flexibility index (Phi) is 7.78. The molecule has 0 spiro atoms. The molecule has 3 N–H and O–H groups in total. The molecule has 1 atom stereocenters. The Hall–Kier alpha value is -1.73. The Balaban J connectivity index is 2.12. The fourth-order valence-electron chi connectivity index (χ4n) is 2.34. The summed E-state index contributed by atoms with van der Waals surface area (Å²) in [6, 6.07) is 12.5. The van der Waals surface area contributed by atoms with E-state index in [1.165, 1.54) is 7.11 Å². The Morgan fingerprint density at radius 2 is 1.82 bits per heavy atom. The summed E-state index contributed by atoms with van der Waals surface area (Å²) in [6.45, 7) is 3.92. The SMILES string of the molecule is COc1cccc(C(=O)N[C@@H](NC(=S)Nc2cc(C)ccc2C)C(Cl)(Cl)Cl)c1. The van der Waals surface area contributed by atoms with Crippen LogP contribution in [0.2, 0.25) is 0 Å². The quantitative estimate of drug-likeness (QED) is 0.342. The summed E-state index contributed by atoms with van der Waals surface area (Å²) in [7, 11) is 1.51. The molecule has 0 aliphatic rings. The molecular formula is C19H20Cl3N3O2S. The first-order valence-corrected chi connectivity index (χ1v) is 9.81. The van der Waals surface area contributed by atoms with Crippen LogP contribution in [0.25, 0.3) is 0 Å². The number of anilines is 1. The minimum absolute atomic E-state index is 0.205. The van der Waals surface area contributed by atoms with E-state index in [1.54, 1.807) is 24.3 Å². The fourth-order valence-corrected chi connectivity index (χ4v) is 2.89. The zero-order valence-corrected chi connectivity index (χ0v) is 18.6. The molecule has 0 unspecified atom stereocenters. The number of alkyl halides is 3. The van der Waals surface area contributed by atoms with E-state index < -0.39 is 15.9 Å². The normalized spacial score (nSPS) is 12.1. The first kappa shape index (κ1) is 22.6. The van der Waals surface area contributed by atoms with Crippen molar-refractivity contribution in [3.63, 3.8) is 0 Å². The van der Waals surface area contributed by atoms with Crippen molar-refractivity contribution < 1.29 is 9.53 Å². The van der Waals surface area contributed by atoms with E-state index in [9.17, 15) is 4.79 Å². The summed E-state index contributed by atoms with van der Waals surface area (Å²) in [4.78, 5) is 12.6. The van der Waals surface area contributed by atoms with Crippen molar-refractivity contribution in [3.05, 3.63) is 59.2 Å². The number of halogens is 3. The highest BCUT2D eigenvalue weighted by atomic mass is 35.6. The van der Waals surface area contributed by atoms with Crippen molar-refractivity contribution in [2.24, 2.45) is 0 Å². The molecule has 0 bridgehead atoms. The van der Waals surface area contributed by atoms with Crippen LogP contribution in [-0.2, 0) is 0 Å². The highest BCUT2D eigenvalue weighted by molar-refractivity contribution is 7.80. The molecule has 0 fully saturated rings. The predicted molar refractivity (Wildman–Crippen MR) is 120 cm³/mol. The molecule has 2 rings (SSSR count). The smallest absolute Gasteiger partial charge is 0.253 e. The van der Waals surface area contributed by atoms with Crippen LogP contribution < -0.4 is 20.7 Å². The molecule has 2 aromatic rings. The summed E-state index contributed by atoms with van der Waals surface area (Å²) in [5, 5.41) is 8.74. The van der Waals surface area contributed by atoms with Gasteiger partial charge in [0, 0.05) is 11.3 Å². The number of amides is 1. The lowest BCUT2D eigenvalue weighted by atomic mass is 10.1. The van der Waals surface area contributed by atoms with Gasteiger partial charge in [-0.1, -0.05) is 53.0 Å². The number of nitrogens with one attached hydrogen (secondary N) is 3. The van der Waals surface area contributed by atoms with Gasteiger partial charge in [-0.05, 0) is 61.5 Å². The first-order chi connectivity index (χ1) is 13.1. The number of aryl methyl sites for hydroxylation is 2. The third kappa shape index (κ3) is 6.41. The number of carbonyl (C=O) groups excluding carboxylic acids is 1. The lowest BCUT2D eigenvalue weighted by Crippen LogP contribution is -2.56. The Morgan fingerprint density at radius 3 is 2.46 bits per heavy atom. The lowest BCUT2D eigenvalue weighted by Gasteiger charge is -2.28. The lowest BCUT2D eigenvalue weighted by molar-refractivity contribution is 0.0934. The van der Waals surface area contributed by atoms with E-state index in [2.05, 4.69) is 16.0 Å². The van der Waals surface area contributed by atoms with Gasteiger partial charge in [-0.25, -0.2) is 0 Å². The van der Waals surface area contributed by atoms with Gasteiger partial charge in [0.1, 0.15) is 11.9 Å². The van der Waals surface area contributed by atoms with Crippen LogP contribution in [0, 0.1) is 13.8 Å². The van der Waals surface area contributed by atoms with Crippen molar-refractivity contribution in [2.45, 2.75) is 23.8 Å². The standard InChI is InChI=1S/C19H20Cl3N3O2S/c1-11-7-8-12(2)15(9-11)23-18(28)25-17(19(20,21)22)24-16(26)13-5-4-6-14(10-13)27-3/h4-10,17H,1-3H3,(H,24,26)(H2,23,25,28)/t17-/m0/s1. The molecule has 0 saturated heterocycles. The van der Waals surface area contributed by atoms with Crippen LogP contribution in [0.15, 0.2) is 42.5 Å². The molecule has 28 heavy (non-hydrogen) atoms. The zero-order chi connectivity index (χ0) is 20.9. The van der Waals surface area contributed by atoms with Gasteiger partial charge in [0.25, 0.3) is 5.91 Å². The van der Waals surface area contributed by atoms with E-state index >= 15 is 0 Å². The second kappa shape index (κ2) is 9.65. The molecule has 0 saturated carbocycles. The minimum atomic E-state index is -1.85. The van der Waals surface area contributed by atoms with Gasteiger partial charge in [0.2, 0.25) is 3.79 Å². The number of benzene rings is 2. The second-order valence-electron chi connectivity index (χ2n) is 6.10. The summed E-state index contributed by atoms with van der Waals surface area (Å²) in [5.41, 5.74) is 3.24. The highest BCUT2D eigenvalue weighted by Gasteiger charge is 2.35. The Morgan fingerprint density at radius 1 is 1.11 bits per heavy atom. The molecule has 5 nitrogen and oxygen atoms in total. The van der Waals surface area contributed by atoms with E-state index in [-0.39, 0.29) is 5.11 Å². The Bertz CT molecular complexity index is 872. The number of hydrogen-bond donors (Lipinski definition) is 3. The average Bonchev–Trinajstić information content (AvgIpc) is 2.63. The average molecular weight is 461 g/mol. The molecule has 0 heterocycles. The number of ether oxygens (including phenoxy) is 1. The second-order valence-corrected chi connectivity index (χ2v) is 8.87. The van der Waals surface area contributed by atoms with Gasteiger partial charge in [0.05, 0.1) is 7.11 Å². The molecule has 2 aromatic carbocycles. The molecule has 0 aliphatic heterocycles. The molecule has 0 radical (unpaired) electrons. The van der Waals surface area contributed by atoms with E-state index in [0.717, 1.165) is 16.8 Å². The van der Waals surface area contributed by atoms with E-state index in [0.29, 0.717) is 11.3 Å². The fraction of sp³-hybridized carbons (Fsp3) is 0.263. The van der Waals surface area contributed by atoms with Crippen molar-refractivity contribution in [1.82, 2.24) is 10.6 Å². The number of rotatable bonds is 5. The van der Waals surface area contributed by atoms with Crippen molar-refractivity contribution >= 4 is 63.7 Å². The van der Waals surface area contributed by atoms with Gasteiger partial charge in [-0.2, -0.15) is 0 Å². The molecule has 1 amide bonds. The van der Waals surface area contributed by atoms with Crippen LogP contribution in [0.1, 0.15) is 21.5 Å². The van der Waals surface area contributed by atoms with Crippen LogP contribution in [0.3, 0.4) is 0 Å². The largest absolute Gasteiger partial charge is 0.497 e. The third-order valence-corrected chi connectivity index (χ3v) is 4.73. The van der Waals surface area contributed by atoms with Crippen molar-refractivity contribution in [3.8, 4) is 5.75 Å². The molecule has 150 valence electrons. The summed E-state index contributed by atoms with van der Waals surface area (Å²) in [6.07, 6.45) is -1.07. The molecule has 0 aliphatic carbocycles. The van der Waals surface area contributed by atoms with Crippen LogP contribution >= 0.6 is 47.0 Å². The monoisotopic (exact) mass is 459 g/mol. The molecular weight excluding hydrogens is 441 g/mol. The van der Waals surface area contributed by atoms with Crippen LogP contribution in [-0.4, -0.2) is 28.1 Å².